The van der Waals surface area contributed by atoms with E-state index in [1.54, 1.807) is 0 Å². The molecule has 0 radical (unpaired) electrons. The maximum Gasteiger partial charge on any atom is 0.283 e. The molecule has 1 spiro atoms. The minimum absolute atomic E-state index is 0.0867. The van der Waals surface area contributed by atoms with Crippen molar-refractivity contribution in [2.45, 2.75) is 44.7 Å². The maximum atomic E-state index is 5.89. The molecule has 4 rings (SSSR count). The fourth-order valence-corrected chi connectivity index (χ4v) is 3.41. The summed E-state index contributed by atoms with van der Waals surface area (Å²) in [5, 5.41) is 0. The largest absolute Gasteiger partial charge is 0.491 e. The van der Waals surface area contributed by atoms with Crippen molar-refractivity contribution in [1.29, 1.82) is 0 Å². The summed E-state index contributed by atoms with van der Waals surface area (Å²) in [7, 11) is 0. The average molecular weight is 354 g/mol. The van der Waals surface area contributed by atoms with E-state index in [2.05, 4.69) is 50.2 Å². The summed E-state index contributed by atoms with van der Waals surface area (Å²) in [4.78, 5) is 0. The molecule has 2 heterocycles. The summed E-state index contributed by atoms with van der Waals surface area (Å²) in [5.41, 5.74) is 3.76. The molecule has 2 saturated heterocycles. The molecule has 0 amide bonds. The second kappa shape index (κ2) is 7.39. The summed E-state index contributed by atoms with van der Waals surface area (Å²) in [6.45, 7) is 6.10. The Morgan fingerprint density at radius 2 is 1.69 bits per heavy atom. The second-order valence-electron chi connectivity index (χ2n) is 7.30. The zero-order chi connectivity index (χ0) is 18.0. The van der Waals surface area contributed by atoms with Crippen LogP contribution in [0.25, 0.3) is 11.1 Å². The van der Waals surface area contributed by atoms with Gasteiger partial charge >= 0.3 is 0 Å². The van der Waals surface area contributed by atoms with Gasteiger partial charge in [0, 0.05) is 6.42 Å². The third-order valence-electron chi connectivity index (χ3n) is 4.99. The van der Waals surface area contributed by atoms with Gasteiger partial charge < -0.3 is 18.9 Å². The highest BCUT2D eigenvalue weighted by Gasteiger charge is 2.45. The van der Waals surface area contributed by atoms with Gasteiger partial charge in [0.25, 0.3) is 5.97 Å². The zero-order valence-electron chi connectivity index (χ0n) is 15.4. The van der Waals surface area contributed by atoms with Crippen molar-refractivity contribution in [3.05, 3.63) is 54.1 Å². The Bertz CT molecular complexity index is 715. The van der Waals surface area contributed by atoms with E-state index in [1.807, 2.05) is 12.1 Å². The third kappa shape index (κ3) is 3.78. The van der Waals surface area contributed by atoms with E-state index < -0.39 is 5.97 Å². The highest BCUT2D eigenvalue weighted by Crippen LogP contribution is 2.34. The first-order chi connectivity index (χ1) is 12.6. The second-order valence-corrected chi connectivity index (χ2v) is 7.30. The van der Waals surface area contributed by atoms with Gasteiger partial charge in [0.15, 0.2) is 0 Å². The van der Waals surface area contributed by atoms with E-state index in [0.29, 0.717) is 25.7 Å². The van der Waals surface area contributed by atoms with Crippen molar-refractivity contribution in [3.8, 4) is 16.9 Å². The molecule has 0 bridgehead atoms. The SMILES string of the molecule is CC(C)c1ccc(-c2ccc(OCC3COC4(CCCO4)O3)cc2)cc1. The van der Waals surface area contributed by atoms with Crippen LogP contribution in [0.1, 0.15) is 38.2 Å². The van der Waals surface area contributed by atoms with Crippen molar-refractivity contribution in [2.75, 3.05) is 19.8 Å². The molecule has 0 aliphatic carbocycles. The molecule has 2 aliphatic rings. The molecule has 0 aromatic heterocycles. The molecular formula is C22H26O4. The van der Waals surface area contributed by atoms with Crippen LogP contribution in [-0.4, -0.2) is 31.9 Å². The van der Waals surface area contributed by atoms with Gasteiger partial charge in [-0.15, -0.1) is 0 Å². The van der Waals surface area contributed by atoms with Gasteiger partial charge in [0.05, 0.1) is 13.2 Å². The Balaban J connectivity index is 1.33. The van der Waals surface area contributed by atoms with Crippen molar-refractivity contribution < 1.29 is 18.9 Å². The Kier molecular flexibility index (Phi) is 4.98. The van der Waals surface area contributed by atoms with Crippen molar-refractivity contribution >= 4 is 0 Å². The first kappa shape index (κ1) is 17.5. The van der Waals surface area contributed by atoms with Crippen LogP contribution in [0, 0.1) is 0 Å². The van der Waals surface area contributed by atoms with Crippen LogP contribution >= 0.6 is 0 Å². The predicted octanol–water partition coefficient (Wildman–Crippen LogP) is 4.74. The highest BCUT2D eigenvalue weighted by atomic mass is 16.9. The van der Waals surface area contributed by atoms with Crippen LogP contribution in [0.2, 0.25) is 0 Å². The van der Waals surface area contributed by atoms with Crippen molar-refractivity contribution in [1.82, 2.24) is 0 Å². The summed E-state index contributed by atoms with van der Waals surface area (Å²) < 4.78 is 23.0. The van der Waals surface area contributed by atoms with Gasteiger partial charge in [-0.3, -0.25) is 0 Å². The Morgan fingerprint density at radius 1 is 1.00 bits per heavy atom. The smallest absolute Gasteiger partial charge is 0.283 e. The predicted molar refractivity (Wildman–Crippen MR) is 100 cm³/mol. The van der Waals surface area contributed by atoms with Crippen molar-refractivity contribution in [3.63, 3.8) is 0 Å². The van der Waals surface area contributed by atoms with Crippen LogP contribution in [-0.2, 0) is 14.2 Å². The van der Waals surface area contributed by atoms with Gasteiger partial charge in [-0.05, 0) is 41.2 Å². The lowest BCUT2D eigenvalue weighted by atomic mass is 9.99. The topological polar surface area (TPSA) is 36.9 Å². The zero-order valence-corrected chi connectivity index (χ0v) is 15.4. The van der Waals surface area contributed by atoms with E-state index in [0.717, 1.165) is 18.6 Å². The normalized spacial score (nSPS) is 25.3. The first-order valence-corrected chi connectivity index (χ1v) is 9.42. The lowest BCUT2D eigenvalue weighted by Gasteiger charge is -2.20. The van der Waals surface area contributed by atoms with Crippen LogP contribution in [0.4, 0.5) is 0 Å². The summed E-state index contributed by atoms with van der Waals surface area (Å²) in [5.74, 6) is 0.583. The van der Waals surface area contributed by atoms with Crippen LogP contribution < -0.4 is 4.74 Å². The Morgan fingerprint density at radius 3 is 2.31 bits per heavy atom. The molecule has 4 nitrogen and oxygen atoms in total. The molecule has 2 aliphatic heterocycles. The minimum atomic E-state index is -0.806. The molecular weight excluding hydrogens is 328 g/mol. The molecule has 2 unspecified atom stereocenters. The molecule has 2 aromatic rings. The Labute approximate surface area is 155 Å². The molecule has 0 saturated carbocycles. The summed E-state index contributed by atoms with van der Waals surface area (Å²) in [6, 6.07) is 16.9. The fraction of sp³-hybridized carbons (Fsp3) is 0.455. The monoisotopic (exact) mass is 354 g/mol. The number of rotatable bonds is 5. The van der Waals surface area contributed by atoms with Gasteiger partial charge in [-0.1, -0.05) is 50.2 Å². The molecule has 2 atom stereocenters. The third-order valence-corrected chi connectivity index (χ3v) is 4.99. The lowest BCUT2D eigenvalue weighted by molar-refractivity contribution is -0.314. The Hall–Kier alpha value is -1.88. The van der Waals surface area contributed by atoms with Gasteiger partial charge in [-0.2, -0.15) is 0 Å². The molecule has 4 heteroatoms. The van der Waals surface area contributed by atoms with Gasteiger partial charge in [0.2, 0.25) is 0 Å². The van der Waals surface area contributed by atoms with E-state index in [-0.39, 0.29) is 6.10 Å². The number of ether oxygens (including phenoxy) is 4. The molecule has 138 valence electrons. The summed E-state index contributed by atoms with van der Waals surface area (Å²) in [6.07, 6.45) is 1.69. The van der Waals surface area contributed by atoms with E-state index >= 15 is 0 Å². The van der Waals surface area contributed by atoms with Crippen molar-refractivity contribution in [2.24, 2.45) is 0 Å². The molecule has 2 fully saturated rings. The minimum Gasteiger partial charge on any atom is -0.491 e. The maximum absolute atomic E-state index is 5.89. The summed E-state index contributed by atoms with van der Waals surface area (Å²) >= 11 is 0. The molecule has 0 N–H and O–H groups in total. The van der Waals surface area contributed by atoms with Gasteiger partial charge in [-0.25, -0.2) is 0 Å². The van der Waals surface area contributed by atoms with E-state index in [9.17, 15) is 0 Å². The van der Waals surface area contributed by atoms with Crippen LogP contribution in [0.3, 0.4) is 0 Å². The molecule has 26 heavy (non-hydrogen) atoms. The van der Waals surface area contributed by atoms with E-state index in [1.165, 1.54) is 16.7 Å². The number of benzene rings is 2. The average Bonchev–Trinajstić information content (AvgIpc) is 3.30. The standard InChI is InChI=1S/C22H26O4/c1-16(2)17-4-6-18(7-5-17)19-8-10-20(11-9-19)23-14-21-15-25-22(26-21)12-3-13-24-22/h4-11,16,21H,3,12-15H2,1-2H3. The first-order valence-electron chi connectivity index (χ1n) is 9.42. The number of hydrogen-bond donors (Lipinski definition) is 0. The molecule has 2 aromatic carbocycles. The van der Waals surface area contributed by atoms with Crippen LogP contribution in [0.5, 0.6) is 5.75 Å². The number of hydrogen-bond acceptors (Lipinski definition) is 4. The van der Waals surface area contributed by atoms with E-state index in [4.69, 9.17) is 18.9 Å². The fourth-order valence-electron chi connectivity index (χ4n) is 3.41. The highest BCUT2D eigenvalue weighted by molar-refractivity contribution is 5.64. The van der Waals surface area contributed by atoms with Gasteiger partial charge in [0.1, 0.15) is 18.5 Å². The lowest BCUT2D eigenvalue weighted by Crippen LogP contribution is -2.30. The van der Waals surface area contributed by atoms with Crippen LogP contribution in [0.15, 0.2) is 48.5 Å². The quantitative estimate of drug-likeness (QED) is 0.777.